The molecule has 3 nitrogen and oxygen atoms in total. The molecule has 0 saturated heterocycles. The van der Waals surface area contributed by atoms with Gasteiger partial charge in [-0.15, -0.1) is 0 Å². The van der Waals surface area contributed by atoms with Crippen molar-refractivity contribution in [2.75, 3.05) is 12.5 Å². The minimum absolute atomic E-state index is 0.482. The van der Waals surface area contributed by atoms with Gasteiger partial charge in [0.15, 0.2) is 0 Å². The Balaban J connectivity index is 2.95. The van der Waals surface area contributed by atoms with Crippen molar-refractivity contribution in [1.29, 1.82) is 0 Å². The zero-order chi connectivity index (χ0) is 17.0. The Kier molecular flexibility index (Phi) is 20.8. The summed E-state index contributed by atoms with van der Waals surface area (Å²) in [4.78, 5) is 0. The standard InChI is InChI=1S/C18H40BO3P/c1-2-3-4-5-6-7-8-9-10-11-12-13-14-15-16-17-23-18-22-19(20)21/h20-21,23H,2-18H2,1H3. The lowest BCUT2D eigenvalue weighted by atomic mass is 10.0. The van der Waals surface area contributed by atoms with Crippen LogP contribution in [0.5, 0.6) is 0 Å². The smallest absolute Gasteiger partial charge is 0.402 e. The van der Waals surface area contributed by atoms with Crippen molar-refractivity contribution in [3.8, 4) is 0 Å². The lowest BCUT2D eigenvalue weighted by Crippen LogP contribution is -2.15. The maximum absolute atomic E-state index is 8.53. The number of unbranched alkanes of at least 4 members (excludes halogenated alkanes) is 14. The van der Waals surface area contributed by atoms with Crippen LogP contribution < -0.4 is 0 Å². The highest BCUT2D eigenvalue weighted by atomic mass is 31.1. The molecule has 0 aromatic rings. The first kappa shape index (κ1) is 23.4. The van der Waals surface area contributed by atoms with Crippen LogP contribution >= 0.6 is 8.58 Å². The molecular formula is C18H40BO3P. The van der Waals surface area contributed by atoms with Crippen molar-refractivity contribution in [2.24, 2.45) is 0 Å². The lowest BCUT2D eigenvalue weighted by Gasteiger charge is -2.04. The first-order valence-electron chi connectivity index (χ1n) is 9.95. The van der Waals surface area contributed by atoms with Crippen molar-refractivity contribution in [1.82, 2.24) is 0 Å². The number of hydrogen-bond donors (Lipinski definition) is 2. The highest BCUT2D eigenvalue weighted by Crippen LogP contribution is 2.16. The highest BCUT2D eigenvalue weighted by molar-refractivity contribution is 7.37. The fourth-order valence-corrected chi connectivity index (χ4v) is 3.74. The van der Waals surface area contributed by atoms with Crippen LogP contribution in [0.3, 0.4) is 0 Å². The molecule has 0 amide bonds. The van der Waals surface area contributed by atoms with Gasteiger partial charge in [0.05, 0.1) is 6.35 Å². The third kappa shape index (κ3) is 22.4. The van der Waals surface area contributed by atoms with E-state index >= 15 is 0 Å². The van der Waals surface area contributed by atoms with E-state index in [4.69, 9.17) is 10.0 Å². The Hall–Kier alpha value is 0.375. The van der Waals surface area contributed by atoms with E-state index in [1.54, 1.807) is 0 Å². The predicted octanol–water partition coefficient (Wildman–Crippen LogP) is 5.48. The molecule has 0 saturated carbocycles. The molecule has 0 heterocycles. The zero-order valence-corrected chi connectivity index (χ0v) is 16.4. The van der Waals surface area contributed by atoms with Gasteiger partial charge in [-0.1, -0.05) is 105 Å². The van der Waals surface area contributed by atoms with Gasteiger partial charge in [0, 0.05) is 0 Å². The molecule has 2 N–H and O–H groups in total. The minimum atomic E-state index is -1.59. The lowest BCUT2D eigenvalue weighted by molar-refractivity contribution is 0.219. The van der Waals surface area contributed by atoms with Gasteiger partial charge in [-0.2, -0.15) is 0 Å². The topological polar surface area (TPSA) is 49.7 Å². The Morgan fingerprint density at radius 1 is 0.652 bits per heavy atom. The first-order chi connectivity index (χ1) is 11.3. The minimum Gasteiger partial charge on any atom is -0.402 e. The molecule has 0 aliphatic heterocycles. The average molecular weight is 346 g/mol. The van der Waals surface area contributed by atoms with Gasteiger partial charge < -0.3 is 14.7 Å². The summed E-state index contributed by atoms with van der Waals surface area (Å²) in [6.07, 6.45) is 22.6. The van der Waals surface area contributed by atoms with Gasteiger partial charge in [0.25, 0.3) is 0 Å². The second kappa shape index (κ2) is 20.4. The van der Waals surface area contributed by atoms with Crippen LogP contribution in [0.2, 0.25) is 0 Å². The summed E-state index contributed by atoms with van der Waals surface area (Å²) in [6, 6.07) is 0. The number of rotatable bonds is 19. The molecule has 0 rings (SSSR count). The normalized spacial score (nSPS) is 11.6. The molecule has 1 unspecified atom stereocenters. The SMILES string of the molecule is CCCCCCCCCCCCCCCCCPCOB(O)O. The Morgan fingerprint density at radius 3 is 1.43 bits per heavy atom. The molecule has 0 fully saturated rings. The van der Waals surface area contributed by atoms with Gasteiger partial charge in [0.2, 0.25) is 0 Å². The summed E-state index contributed by atoms with van der Waals surface area (Å²) in [6.45, 7) is 2.28. The van der Waals surface area contributed by atoms with Crippen LogP contribution in [0.1, 0.15) is 103 Å². The van der Waals surface area contributed by atoms with Crippen LogP contribution in [0, 0.1) is 0 Å². The Bertz CT molecular complexity index is 218. The summed E-state index contributed by atoms with van der Waals surface area (Å²) >= 11 is 0. The Morgan fingerprint density at radius 2 is 1.04 bits per heavy atom. The maximum atomic E-state index is 8.53. The van der Waals surface area contributed by atoms with Crippen molar-refractivity contribution in [3.63, 3.8) is 0 Å². The van der Waals surface area contributed by atoms with Crippen LogP contribution in [-0.4, -0.2) is 29.9 Å². The summed E-state index contributed by atoms with van der Waals surface area (Å²) in [5.74, 6) is 0. The van der Waals surface area contributed by atoms with Crippen LogP contribution in [-0.2, 0) is 4.65 Å². The van der Waals surface area contributed by atoms with E-state index in [0.717, 1.165) is 6.16 Å². The van der Waals surface area contributed by atoms with E-state index in [0.29, 0.717) is 14.9 Å². The molecule has 23 heavy (non-hydrogen) atoms. The van der Waals surface area contributed by atoms with Crippen molar-refractivity contribution in [3.05, 3.63) is 0 Å². The maximum Gasteiger partial charge on any atom is 0.634 e. The van der Waals surface area contributed by atoms with Crippen LogP contribution in [0.25, 0.3) is 0 Å². The largest absolute Gasteiger partial charge is 0.634 e. The van der Waals surface area contributed by atoms with E-state index in [1.807, 2.05) is 0 Å². The van der Waals surface area contributed by atoms with Crippen molar-refractivity contribution < 1.29 is 14.7 Å². The summed E-state index contributed by atoms with van der Waals surface area (Å²) < 4.78 is 4.69. The molecule has 5 heteroatoms. The predicted molar refractivity (Wildman–Crippen MR) is 104 cm³/mol. The van der Waals surface area contributed by atoms with Gasteiger partial charge >= 0.3 is 7.32 Å². The van der Waals surface area contributed by atoms with E-state index in [9.17, 15) is 0 Å². The zero-order valence-electron chi connectivity index (χ0n) is 15.4. The van der Waals surface area contributed by atoms with E-state index in [1.165, 1.54) is 96.3 Å². The van der Waals surface area contributed by atoms with E-state index in [-0.39, 0.29) is 0 Å². The third-order valence-corrected chi connectivity index (χ3v) is 5.37. The second-order valence-electron chi connectivity index (χ2n) is 6.59. The molecule has 1 atom stereocenters. The van der Waals surface area contributed by atoms with Gasteiger partial charge in [0.1, 0.15) is 0 Å². The highest BCUT2D eigenvalue weighted by Gasteiger charge is 2.06. The fourth-order valence-electron chi connectivity index (χ4n) is 2.83. The summed E-state index contributed by atoms with van der Waals surface area (Å²) in [5.41, 5.74) is 0. The molecule has 0 aliphatic carbocycles. The summed E-state index contributed by atoms with van der Waals surface area (Å²) in [5, 5.41) is 17.1. The van der Waals surface area contributed by atoms with Gasteiger partial charge in [-0.05, 0) is 12.6 Å². The first-order valence-corrected chi connectivity index (χ1v) is 11.4. The third-order valence-electron chi connectivity index (χ3n) is 4.29. The molecule has 0 aromatic heterocycles. The van der Waals surface area contributed by atoms with Crippen LogP contribution in [0.4, 0.5) is 0 Å². The van der Waals surface area contributed by atoms with Gasteiger partial charge in [-0.25, -0.2) is 0 Å². The Labute approximate surface area is 146 Å². The van der Waals surface area contributed by atoms with Crippen molar-refractivity contribution in [2.45, 2.75) is 103 Å². The van der Waals surface area contributed by atoms with Crippen molar-refractivity contribution >= 4 is 15.9 Å². The molecule has 138 valence electrons. The van der Waals surface area contributed by atoms with Gasteiger partial charge in [-0.3, -0.25) is 0 Å². The quantitative estimate of drug-likeness (QED) is 0.185. The molecule has 0 aromatic carbocycles. The van der Waals surface area contributed by atoms with Crippen LogP contribution in [0.15, 0.2) is 0 Å². The second-order valence-corrected chi connectivity index (χ2v) is 7.88. The number of hydrogen-bond acceptors (Lipinski definition) is 3. The average Bonchev–Trinajstić information content (AvgIpc) is 2.53. The summed E-state index contributed by atoms with van der Waals surface area (Å²) in [7, 11) is -0.900. The fraction of sp³-hybridized carbons (Fsp3) is 1.00. The molecule has 0 radical (unpaired) electrons. The van der Waals surface area contributed by atoms with E-state index in [2.05, 4.69) is 11.6 Å². The molecular weight excluding hydrogens is 306 g/mol. The monoisotopic (exact) mass is 346 g/mol. The molecule has 0 aliphatic rings. The molecule has 0 spiro atoms. The molecule has 0 bridgehead atoms. The van der Waals surface area contributed by atoms with E-state index < -0.39 is 7.32 Å².